The minimum Gasteiger partial charge on any atom is -0.458 e. The Hall–Kier alpha value is -14.7. The highest BCUT2D eigenvalue weighted by molar-refractivity contribution is 6.99. The van der Waals surface area contributed by atoms with Crippen molar-refractivity contribution in [1.82, 2.24) is 9.13 Å². The molecule has 8 nitrogen and oxygen atoms in total. The Morgan fingerprint density at radius 2 is 0.518 bits per heavy atom. The van der Waals surface area contributed by atoms with Crippen LogP contribution in [-0.2, 0) is 0 Å². The average molecular weight is 1430 g/mol. The molecule has 0 amide bonds. The van der Waals surface area contributed by atoms with Crippen molar-refractivity contribution < 1.29 is 27.8 Å². The second-order valence-electron chi connectivity index (χ2n) is 30.0. The lowest BCUT2D eigenvalue weighted by Crippen LogP contribution is -2.57. The highest BCUT2D eigenvalue weighted by Crippen LogP contribution is 2.49. The summed E-state index contributed by atoms with van der Waals surface area (Å²) in [5.41, 5.74) is 28.9. The number of nitrogens with zero attached hydrogens (tertiary/aromatic N) is 2. The maximum Gasteiger partial charge on any atom is 0.260 e. The van der Waals surface area contributed by atoms with Crippen molar-refractivity contribution in [1.29, 1.82) is 0 Å². The Morgan fingerprint density at radius 3 is 0.911 bits per heavy atom. The van der Waals surface area contributed by atoms with Crippen LogP contribution in [0.3, 0.4) is 0 Å². The number of furan rings is 2. The number of hydrogen-bond donors (Lipinski definition) is 0. The Bertz CT molecular complexity index is 7080. The molecule has 0 saturated heterocycles. The van der Waals surface area contributed by atoms with Crippen LogP contribution in [-0.4, -0.2) is 22.6 Å². The first-order chi connectivity index (χ1) is 55.5. The van der Waals surface area contributed by atoms with Gasteiger partial charge in [-0.25, -0.2) is 0 Å². The molecule has 25 rings (SSSR count). The molecular formula is C102H58B2N2O6. The Kier molecular flexibility index (Phi) is 12.8. The van der Waals surface area contributed by atoms with E-state index in [1.54, 1.807) is 0 Å². The fraction of sp³-hybridized carbons (Fsp3) is 0. The van der Waals surface area contributed by atoms with Crippen LogP contribution in [0, 0.1) is 0 Å². The van der Waals surface area contributed by atoms with E-state index in [9.17, 15) is 0 Å². The molecule has 21 aromatic rings. The first-order valence-corrected chi connectivity index (χ1v) is 38.2. The fourth-order valence-corrected chi connectivity index (χ4v) is 18.9. The second kappa shape index (κ2) is 23.4. The van der Waals surface area contributed by atoms with Crippen molar-refractivity contribution in [2.24, 2.45) is 0 Å². The highest BCUT2D eigenvalue weighted by atomic mass is 16.5. The van der Waals surface area contributed by atoms with Gasteiger partial charge in [0.05, 0.1) is 22.1 Å². The zero-order valence-corrected chi connectivity index (χ0v) is 60.0. The van der Waals surface area contributed by atoms with Crippen molar-refractivity contribution in [3.8, 4) is 124 Å². The molecule has 0 aliphatic carbocycles. The van der Waals surface area contributed by atoms with Crippen molar-refractivity contribution in [2.75, 3.05) is 0 Å². The van der Waals surface area contributed by atoms with Gasteiger partial charge in [-0.15, -0.1) is 0 Å². The smallest absolute Gasteiger partial charge is 0.260 e. The van der Waals surface area contributed by atoms with Crippen LogP contribution in [0.5, 0.6) is 46.0 Å². The van der Waals surface area contributed by atoms with E-state index >= 15 is 0 Å². The summed E-state index contributed by atoms with van der Waals surface area (Å²) in [4.78, 5) is 0. The molecule has 0 saturated carbocycles. The van der Waals surface area contributed by atoms with Crippen molar-refractivity contribution >= 4 is 134 Å². The third-order valence-corrected chi connectivity index (χ3v) is 24.0. The minimum atomic E-state index is -0.0447. The molecule has 8 heterocycles. The quantitative estimate of drug-likeness (QED) is 0.141. The van der Waals surface area contributed by atoms with Gasteiger partial charge in [-0.2, -0.15) is 0 Å². The summed E-state index contributed by atoms with van der Waals surface area (Å²) >= 11 is 0. The lowest BCUT2D eigenvalue weighted by atomic mass is 9.35. The maximum atomic E-state index is 6.93. The lowest BCUT2D eigenvalue weighted by Gasteiger charge is -2.33. The van der Waals surface area contributed by atoms with Gasteiger partial charge in [0.1, 0.15) is 68.3 Å². The fourth-order valence-electron chi connectivity index (χ4n) is 18.9. The summed E-state index contributed by atoms with van der Waals surface area (Å²) in [5.74, 6) is 6.56. The minimum absolute atomic E-state index is 0.0447. The largest absolute Gasteiger partial charge is 0.458 e. The summed E-state index contributed by atoms with van der Waals surface area (Å²) in [6.07, 6.45) is 0. The normalized spacial score (nSPS) is 12.9. The SMILES string of the molecule is c1cc(-c2cc3c4c(c2)Oc2ccccc2B4c2ccccc2O3)cc(-c2cc(-c3ccc(-n4c5ccccc5c5cc6c(cc54)oc4ccccc46)cc3)c(-c3cccc(-c4cc5c6c(c4)Oc4ccccc4B6c4ccccc4O5)c3)cc2-c2ccc(-n3c4ccccc4c4cc5c(cc43)oc3ccccc35)cc2)c1. The summed E-state index contributed by atoms with van der Waals surface area (Å²) in [7, 11) is 0. The van der Waals surface area contributed by atoms with Gasteiger partial charge in [-0.05, 0) is 222 Å². The van der Waals surface area contributed by atoms with Crippen LogP contribution in [0.4, 0.5) is 0 Å². The van der Waals surface area contributed by atoms with Gasteiger partial charge in [0, 0.05) is 77.5 Å². The van der Waals surface area contributed by atoms with E-state index in [2.05, 4.69) is 349 Å². The van der Waals surface area contributed by atoms with E-state index in [1.165, 1.54) is 21.5 Å². The topological polar surface area (TPSA) is 73.1 Å². The summed E-state index contributed by atoms with van der Waals surface area (Å²) in [6.45, 7) is -0.0894. The van der Waals surface area contributed by atoms with Gasteiger partial charge in [0.15, 0.2) is 0 Å². The molecule has 0 N–H and O–H groups in total. The van der Waals surface area contributed by atoms with Crippen LogP contribution >= 0.6 is 0 Å². The number of hydrogen-bond acceptors (Lipinski definition) is 6. The number of aromatic nitrogens is 2. The molecule has 0 fully saturated rings. The average Bonchev–Trinajstić information content (AvgIpc) is 0.996. The molecule has 0 bridgehead atoms. The number of ether oxygens (including phenoxy) is 4. The highest BCUT2D eigenvalue weighted by Gasteiger charge is 2.42. The molecule has 0 unspecified atom stereocenters. The van der Waals surface area contributed by atoms with Gasteiger partial charge >= 0.3 is 0 Å². The number of fused-ring (bicyclic) bond motifs is 20. The first kappa shape index (κ1) is 61.3. The predicted molar refractivity (Wildman–Crippen MR) is 458 cm³/mol. The van der Waals surface area contributed by atoms with Crippen LogP contribution < -0.4 is 51.7 Å². The number of rotatable bonds is 8. The molecule has 0 spiro atoms. The molecule has 4 aromatic heterocycles. The number of para-hydroxylation sites is 8. The molecule has 0 atom stereocenters. The van der Waals surface area contributed by atoms with E-state index < -0.39 is 0 Å². The lowest BCUT2D eigenvalue weighted by molar-refractivity contribution is 0.464. The third-order valence-electron chi connectivity index (χ3n) is 24.0. The molecular weight excluding hydrogens is 1370 g/mol. The van der Waals surface area contributed by atoms with E-state index in [-0.39, 0.29) is 13.4 Å². The Balaban J connectivity index is 0.699. The number of benzene rings is 17. The molecule has 10 heteroatoms. The van der Waals surface area contributed by atoms with E-state index in [4.69, 9.17) is 27.8 Å². The molecule has 4 aliphatic heterocycles. The molecule has 4 aliphatic rings. The zero-order chi connectivity index (χ0) is 73.0. The van der Waals surface area contributed by atoms with Crippen molar-refractivity contribution in [3.63, 3.8) is 0 Å². The van der Waals surface area contributed by atoms with Gasteiger partial charge < -0.3 is 36.9 Å². The van der Waals surface area contributed by atoms with Crippen molar-refractivity contribution in [3.05, 3.63) is 352 Å². The monoisotopic (exact) mass is 1430 g/mol. The standard InChI is InChI=1S/C102H58B2N2O6/c1-9-31-85-69(23-1)77-55-79-71-25-3-11-33-89(71)107-95(79)57-87(77)105(85)67-43-39-59(40-44-67)73-53-76(64-22-18-20-62(48-64)66-51-99-102-100(52-66)112-94-38-16-8-30-84(94)104(102)83-29-7-15-37-93(83)111-99)74(60-41-45-68(46-42-60)106-86-32-10-2-24-70(86)78-56-80-72-26-4-12-34-90(72)108-96(80)58-88(78)106)54-75(73)63-21-17-19-61(47-63)65-49-97-101-98(50-65)110-92-36-14-6-28-82(92)103(101)81-27-5-13-35-91(81)109-97/h1-58H. The maximum absolute atomic E-state index is 6.93. The second-order valence-corrected chi connectivity index (χ2v) is 30.0. The van der Waals surface area contributed by atoms with Gasteiger partial charge in [0.2, 0.25) is 0 Å². The van der Waals surface area contributed by atoms with Crippen LogP contribution in [0.15, 0.2) is 361 Å². The summed E-state index contributed by atoms with van der Waals surface area (Å²) < 4.78 is 45.7. The van der Waals surface area contributed by atoms with Crippen LogP contribution in [0.1, 0.15) is 0 Å². The van der Waals surface area contributed by atoms with E-state index in [1.807, 2.05) is 12.1 Å². The van der Waals surface area contributed by atoms with Crippen LogP contribution in [0.2, 0.25) is 0 Å². The van der Waals surface area contributed by atoms with E-state index in [0.717, 1.165) is 223 Å². The third kappa shape index (κ3) is 9.09. The molecule has 518 valence electrons. The zero-order valence-electron chi connectivity index (χ0n) is 60.0. The Labute approximate surface area is 642 Å². The van der Waals surface area contributed by atoms with Gasteiger partial charge in [0.25, 0.3) is 13.4 Å². The Morgan fingerprint density at radius 1 is 0.188 bits per heavy atom. The van der Waals surface area contributed by atoms with Crippen molar-refractivity contribution in [2.45, 2.75) is 0 Å². The molecule has 0 radical (unpaired) electrons. The van der Waals surface area contributed by atoms with Crippen LogP contribution in [0.25, 0.3) is 166 Å². The molecule has 112 heavy (non-hydrogen) atoms. The van der Waals surface area contributed by atoms with E-state index in [0.29, 0.717) is 0 Å². The molecule has 17 aromatic carbocycles. The summed E-state index contributed by atoms with van der Waals surface area (Å²) in [5, 5.41) is 9.11. The predicted octanol–water partition coefficient (Wildman–Crippen LogP) is 23.1. The van der Waals surface area contributed by atoms with Gasteiger partial charge in [-0.3, -0.25) is 0 Å². The van der Waals surface area contributed by atoms with Gasteiger partial charge in [-0.1, -0.05) is 206 Å². The summed E-state index contributed by atoms with van der Waals surface area (Å²) in [6, 6.07) is 127. The first-order valence-electron chi connectivity index (χ1n) is 38.2.